The summed E-state index contributed by atoms with van der Waals surface area (Å²) in [6, 6.07) is 8.87. The lowest BCUT2D eigenvalue weighted by molar-refractivity contribution is -0.215. The van der Waals surface area contributed by atoms with Gasteiger partial charge in [0.1, 0.15) is 18.8 Å². The van der Waals surface area contributed by atoms with Crippen LogP contribution in [0.15, 0.2) is 30.3 Å². The molecule has 3 rings (SSSR count). The molecule has 2 aliphatic rings. The smallest absolute Gasteiger partial charge is 0.338 e. The van der Waals surface area contributed by atoms with Crippen molar-refractivity contribution in [1.82, 2.24) is 0 Å². The second-order valence-electron chi connectivity index (χ2n) is 6.84. The van der Waals surface area contributed by atoms with Crippen molar-refractivity contribution in [2.75, 3.05) is 33.5 Å². The third-order valence-electron chi connectivity index (χ3n) is 4.43. The Bertz CT molecular complexity index is 589. The maximum atomic E-state index is 12.2. The average molecular weight is 366 g/mol. The third-order valence-corrected chi connectivity index (χ3v) is 4.43. The zero-order valence-electron chi connectivity index (χ0n) is 15.4. The van der Waals surface area contributed by atoms with E-state index < -0.39 is 12.1 Å². The van der Waals surface area contributed by atoms with Gasteiger partial charge in [-0.1, -0.05) is 18.2 Å². The van der Waals surface area contributed by atoms with Crippen LogP contribution in [0.4, 0.5) is 0 Å². The molecule has 26 heavy (non-hydrogen) atoms. The molecule has 0 unspecified atom stereocenters. The monoisotopic (exact) mass is 366 g/mol. The summed E-state index contributed by atoms with van der Waals surface area (Å²) in [7, 11) is 1.63. The summed E-state index contributed by atoms with van der Waals surface area (Å²) in [6.45, 7) is 5.22. The number of esters is 1. The van der Waals surface area contributed by atoms with Crippen LogP contribution < -0.4 is 0 Å². The van der Waals surface area contributed by atoms with Gasteiger partial charge in [-0.05, 0) is 26.0 Å². The number of methoxy groups -OCH3 is 1. The summed E-state index contributed by atoms with van der Waals surface area (Å²) in [4.78, 5) is 12.2. The van der Waals surface area contributed by atoms with Crippen molar-refractivity contribution in [3.05, 3.63) is 35.9 Å². The number of fused-ring (bicyclic) bond motifs is 1. The third kappa shape index (κ3) is 4.61. The summed E-state index contributed by atoms with van der Waals surface area (Å²) < 4.78 is 33.8. The van der Waals surface area contributed by atoms with E-state index in [4.69, 9.17) is 28.4 Å². The Balaban J connectivity index is 1.58. The van der Waals surface area contributed by atoms with E-state index in [1.807, 2.05) is 19.9 Å². The molecule has 0 aliphatic carbocycles. The molecule has 2 saturated heterocycles. The van der Waals surface area contributed by atoms with Crippen LogP contribution in [0.5, 0.6) is 0 Å². The molecule has 0 amide bonds. The molecular formula is C19H26O7. The van der Waals surface area contributed by atoms with Gasteiger partial charge in [-0.15, -0.1) is 0 Å². The molecule has 0 radical (unpaired) electrons. The first-order chi connectivity index (χ1) is 12.5. The summed E-state index contributed by atoms with van der Waals surface area (Å²) in [5.74, 6) is -1.18. The van der Waals surface area contributed by atoms with Gasteiger partial charge >= 0.3 is 5.97 Å². The fourth-order valence-electron chi connectivity index (χ4n) is 3.18. The second-order valence-corrected chi connectivity index (χ2v) is 6.84. The van der Waals surface area contributed by atoms with Crippen LogP contribution >= 0.6 is 0 Å². The van der Waals surface area contributed by atoms with Gasteiger partial charge in [0.05, 0.1) is 25.4 Å². The highest BCUT2D eigenvalue weighted by molar-refractivity contribution is 5.89. The van der Waals surface area contributed by atoms with Crippen LogP contribution in [-0.4, -0.2) is 63.8 Å². The van der Waals surface area contributed by atoms with E-state index in [2.05, 4.69) is 0 Å². The van der Waals surface area contributed by atoms with Crippen molar-refractivity contribution >= 4 is 5.97 Å². The number of carbonyl (C=O) groups is 1. The zero-order valence-corrected chi connectivity index (χ0v) is 15.4. The van der Waals surface area contributed by atoms with Gasteiger partial charge in [0.2, 0.25) is 0 Å². The van der Waals surface area contributed by atoms with Gasteiger partial charge < -0.3 is 28.4 Å². The maximum absolute atomic E-state index is 12.2. The van der Waals surface area contributed by atoms with Crippen LogP contribution in [0.2, 0.25) is 0 Å². The summed E-state index contributed by atoms with van der Waals surface area (Å²) in [5.41, 5.74) is 0.507. The minimum atomic E-state index is -0.703. The Morgan fingerprint density at radius 1 is 1.12 bits per heavy atom. The molecule has 0 saturated carbocycles. The van der Waals surface area contributed by atoms with Crippen molar-refractivity contribution in [3.8, 4) is 0 Å². The molecule has 2 aliphatic heterocycles. The number of benzene rings is 1. The molecular weight excluding hydrogens is 340 g/mol. The van der Waals surface area contributed by atoms with Crippen LogP contribution in [-0.2, 0) is 28.4 Å². The molecule has 1 aromatic carbocycles. The molecule has 4 atom stereocenters. The Morgan fingerprint density at radius 2 is 1.88 bits per heavy atom. The summed E-state index contributed by atoms with van der Waals surface area (Å²) >= 11 is 0. The summed E-state index contributed by atoms with van der Waals surface area (Å²) in [6.07, 6.45) is -1.09. The molecule has 0 bridgehead atoms. The minimum Gasteiger partial charge on any atom is -0.459 e. The zero-order chi connectivity index (χ0) is 18.6. The Kier molecular flexibility index (Phi) is 6.26. The molecule has 144 valence electrons. The number of ether oxygens (including phenoxy) is 6. The van der Waals surface area contributed by atoms with Gasteiger partial charge in [-0.25, -0.2) is 4.79 Å². The predicted octanol–water partition coefficient (Wildman–Crippen LogP) is 2.00. The van der Waals surface area contributed by atoms with Crippen molar-refractivity contribution in [2.24, 2.45) is 5.92 Å². The highest BCUT2D eigenvalue weighted by Crippen LogP contribution is 2.41. The van der Waals surface area contributed by atoms with E-state index in [1.165, 1.54) is 0 Å². The van der Waals surface area contributed by atoms with Crippen molar-refractivity contribution in [1.29, 1.82) is 0 Å². The van der Waals surface area contributed by atoms with Gasteiger partial charge in [0.15, 0.2) is 12.1 Å². The van der Waals surface area contributed by atoms with Gasteiger partial charge in [0, 0.05) is 13.0 Å². The first-order valence-electron chi connectivity index (χ1n) is 8.80. The number of hydrogen-bond donors (Lipinski definition) is 0. The van der Waals surface area contributed by atoms with Crippen molar-refractivity contribution in [2.45, 2.75) is 38.1 Å². The second kappa shape index (κ2) is 8.45. The first kappa shape index (κ1) is 19.3. The standard InChI is InChI=1S/C19H26O7/c1-19(2)25-16-14(11-22-10-9-21-3)15(24-18(16)26-19)12-23-17(20)13-7-5-4-6-8-13/h4-8,14-16,18H,9-12H2,1-3H3/t14-,15-,16-,18-/m1/s1. The lowest BCUT2D eigenvalue weighted by Gasteiger charge is -2.25. The van der Waals surface area contributed by atoms with Crippen LogP contribution in [0.1, 0.15) is 24.2 Å². The Morgan fingerprint density at radius 3 is 2.62 bits per heavy atom. The Hall–Kier alpha value is -1.51. The molecule has 0 N–H and O–H groups in total. The highest BCUT2D eigenvalue weighted by atomic mass is 16.8. The fraction of sp³-hybridized carbons (Fsp3) is 0.632. The number of rotatable bonds is 8. The number of carbonyl (C=O) groups excluding carboxylic acids is 1. The quantitative estimate of drug-likeness (QED) is 0.515. The fourth-order valence-corrected chi connectivity index (χ4v) is 3.18. The molecule has 2 fully saturated rings. The van der Waals surface area contributed by atoms with E-state index in [-0.39, 0.29) is 30.7 Å². The van der Waals surface area contributed by atoms with E-state index in [0.29, 0.717) is 25.4 Å². The first-order valence-corrected chi connectivity index (χ1v) is 8.80. The van der Waals surface area contributed by atoms with Gasteiger partial charge in [0.25, 0.3) is 0 Å². The van der Waals surface area contributed by atoms with Crippen LogP contribution in [0.3, 0.4) is 0 Å². The lowest BCUT2D eigenvalue weighted by Crippen LogP contribution is -2.36. The average Bonchev–Trinajstić information content (AvgIpc) is 3.09. The number of hydrogen-bond acceptors (Lipinski definition) is 7. The Labute approximate surface area is 153 Å². The van der Waals surface area contributed by atoms with Crippen molar-refractivity contribution < 1.29 is 33.2 Å². The van der Waals surface area contributed by atoms with E-state index >= 15 is 0 Å². The molecule has 1 aromatic rings. The van der Waals surface area contributed by atoms with E-state index in [9.17, 15) is 4.79 Å². The lowest BCUT2D eigenvalue weighted by atomic mass is 10.00. The molecule has 7 nitrogen and oxygen atoms in total. The topological polar surface area (TPSA) is 72.5 Å². The molecule has 2 heterocycles. The van der Waals surface area contributed by atoms with Crippen LogP contribution in [0, 0.1) is 5.92 Å². The maximum Gasteiger partial charge on any atom is 0.338 e. The minimum absolute atomic E-state index is 0.0952. The normalized spacial score (nSPS) is 29.5. The SMILES string of the molecule is COCCOC[C@H]1[C@H]2OC(C)(C)O[C@H]2O[C@@H]1COC(=O)c1ccccc1. The largest absolute Gasteiger partial charge is 0.459 e. The molecule has 7 heteroatoms. The van der Waals surface area contributed by atoms with E-state index in [1.54, 1.807) is 31.4 Å². The van der Waals surface area contributed by atoms with Gasteiger partial charge in [-0.2, -0.15) is 0 Å². The predicted molar refractivity (Wildman–Crippen MR) is 91.6 cm³/mol. The molecule has 0 aromatic heterocycles. The van der Waals surface area contributed by atoms with E-state index in [0.717, 1.165) is 0 Å². The highest BCUT2D eigenvalue weighted by Gasteiger charge is 2.54. The van der Waals surface area contributed by atoms with Crippen LogP contribution in [0.25, 0.3) is 0 Å². The molecule has 0 spiro atoms. The summed E-state index contributed by atoms with van der Waals surface area (Å²) in [5, 5.41) is 0. The van der Waals surface area contributed by atoms with Gasteiger partial charge in [-0.3, -0.25) is 0 Å². The van der Waals surface area contributed by atoms with Crippen molar-refractivity contribution in [3.63, 3.8) is 0 Å².